The van der Waals surface area contributed by atoms with E-state index in [9.17, 15) is 10.1 Å². The van der Waals surface area contributed by atoms with Crippen LogP contribution in [0.2, 0.25) is 0 Å². The van der Waals surface area contributed by atoms with Crippen LogP contribution in [0.1, 0.15) is 11.1 Å². The molecule has 0 bridgehead atoms. The van der Waals surface area contributed by atoms with Crippen LogP contribution in [0.5, 0.6) is 5.75 Å². The minimum Gasteiger partial charge on any atom is -0.489 e. The van der Waals surface area contributed by atoms with Gasteiger partial charge in [0.2, 0.25) is 0 Å². The van der Waals surface area contributed by atoms with Gasteiger partial charge in [0, 0.05) is 12.1 Å². The van der Waals surface area contributed by atoms with Crippen LogP contribution < -0.4 is 10.2 Å². The first-order chi connectivity index (χ1) is 12.7. The highest BCUT2D eigenvalue weighted by atomic mass is 16.6. The summed E-state index contributed by atoms with van der Waals surface area (Å²) in [6.45, 7) is 0.502. The molecule has 3 aromatic carbocycles. The number of benzene rings is 3. The zero-order valence-electron chi connectivity index (χ0n) is 13.9. The van der Waals surface area contributed by atoms with Crippen molar-refractivity contribution < 1.29 is 9.66 Å². The van der Waals surface area contributed by atoms with Crippen molar-refractivity contribution in [3.8, 4) is 5.75 Å². The summed E-state index contributed by atoms with van der Waals surface area (Å²) in [5.41, 5.74) is 5.54. The van der Waals surface area contributed by atoms with E-state index in [1.165, 1.54) is 12.1 Å². The molecule has 0 aliphatic carbocycles. The summed E-state index contributed by atoms with van der Waals surface area (Å²) < 4.78 is 5.79. The summed E-state index contributed by atoms with van der Waals surface area (Å²) in [4.78, 5) is 10.2. The van der Waals surface area contributed by atoms with Crippen molar-refractivity contribution in [2.45, 2.75) is 6.61 Å². The molecule has 0 saturated heterocycles. The lowest BCUT2D eigenvalue weighted by Crippen LogP contribution is -1.96. The first kappa shape index (κ1) is 17.2. The molecule has 26 heavy (non-hydrogen) atoms. The van der Waals surface area contributed by atoms with Crippen LogP contribution >= 0.6 is 0 Å². The fourth-order valence-corrected chi connectivity index (χ4v) is 2.26. The van der Waals surface area contributed by atoms with Gasteiger partial charge < -0.3 is 4.74 Å². The Morgan fingerprint density at radius 3 is 2.50 bits per heavy atom. The van der Waals surface area contributed by atoms with E-state index in [4.69, 9.17) is 4.74 Å². The topological polar surface area (TPSA) is 76.8 Å². The Morgan fingerprint density at radius 2 is 1.77 bits per heavy atom. The lowest BCUT2D eigenvalue weighted by atomic mass is 10.2. The minimum absolute atomic E-state index is 0.0443. The molecule has 0 radical (unpaired) electrons. The second-order valence-corrected chi connectivity index (χ2v) is 5.52. The van der Waals surface area contributed by atoms with E-state index >= 15 is 0 Å². The Hall–Kier alpha value is -3.67. The van der Waals surface area contributed by atoms with Crippen molar-refractivity contribution in [2.75, 3.05) is 5.43 Å². The second-order valence-electron chi connectivity index (χ2n) is 5.52. The van der Waals surface area contributed by atoms with Gasteiger partial charge in [-0.05, 0) is 35.4 Å². The average molecular weight is 347 g/mol. The van der Waals surface area contributed by atoms with Gasteiger partial charge in [0.15, 0.2) is 0 Å². The molecule has 0 aromatic heterocycles. The highest BCUT2D eigenvalue weighted by molar-refractivity contribution is 5.80. The molecule has 3 rings (SSSR count). The highest BCUT2D eigenvalue weighted by Crippen LogP contribution is 2.16. The van der Waals surface area contributed by atoms with Crippen molar-refractivity contribution >= 4 is 17.6 Å². The van der Waals surface area contributed by atoms with E-state index in [1.807, 2.05) is 54.6 Å². The standard InChI is InChI=1S/C20H17N3O3/c24-23(25)19-11-9-18(10-12-19)22-21-14-17-7-4-8-20(13-17)26-15-16-5-2-1-3-6-16/h1-14,22H,15H2/b21-14+. The highest BCUT2D eigenvalue weighted by Gasteiger charge is 2.03. The molecule has 0 heterocycles. The SMILES string of the molecule is O=[N+]([O-])c1ccc(N/N=C/c2cccc(OCc3ccccc3)c2)cc1. The number of nitrogens with zero attached hydrogens (tertiary/aromatic N) is 2. The number of nitrogens with one attached hydrogen (secondary N) is 1. The fourth-order valence-electron chi connectivity index (χ4n) is 2.26. The molecule has 6 heteroatoms. The Kier molecular flexibility index (Phi) is 5.57. The summed E-state index contributed by atoms with van der Waals surface area (Å²) in [6.07, 6.45) is 1.66. The average Bonchev–Trinajstić information content (AvgIpc) is 2.68. The second kappa shape index (κ2) is 8.43. The Morgan fingerprint density at radius 1 is 1.00 bits per heavy atom. The van der Waals surface area contributed by atoms with E-state index in [0.717, 1.165) is 16.9 Å². The van der Waals surface area contributed by atoms with Crippen LogP contribution in [0.3, 0.4) is 0 Å². The fraction of sp³-hybridized carbons (Fsp3) is 0.0500. The van der Waals surface area contributed by atoms with Gasteiger partial charge in [-0.25, -0.2) is 0 Å². The molecule has 0 aliphatic heterocycles. The van der Waals surface area contributed by atoms with Crippen LogP contribution in [-0.2, 0) is 6.61 Å². The smallest absolute Gasteiger partial charge is 0.269 e. The van der Waals surface area contributed by atoms with Gasteiger partial charge in [-0.2, -0.15) is 5.10 Å². The Labute approximate surface area is 150 Å². The lowest BCUT2D eigenvalue weighted by molar-refractivity contribution is -0.384. The van der Waals surface area contributed by atoms with E-state index in [-0.39, 0.29) is 5.69 Å². The molecule has 3 aromatic rings. The quantitative estimate of drug-likeness (QED) is 0.384. The van der Waals surface area contributed by atoms with E-state index < -0.39 is 4.92 Å². The van der Waals surface area contributed by atoms with Crippen LogP contribution in [0.4, 0.5) is 11.4 Å². The van der Waals surface area contributed by atoms with Crippen LogP contribution in [0.15, 0.2) is 84.0 Å². The Balaban J connectivity index is 1.57. The third-order valence-corrected chi connectivity index (χ3v) is 3.59. The molecule has 1 N–H and O–H groups in total. The van der Waals surface area contributed by atoms with Crippen molar-refractivity contribution in [3.63, 3.8) is 0 Å². The van der Waals surface area contributed by atoms with E-state index in [0.29, 0.717) is 12.3 Å². The first-order valence-corrected chi connectivity index (χ1v) is 8.01. The lowest BCUT2D eigenvalue weighted by Gasteiger charge is -2.06. The third kappa shape index (κ3) is 4.91. The number of non-ortho nitro benzene ring substituents is 1. The number of nitro groups is 1. The number of rotatable bonds is 7. The van der Waals surface area contributed by atoms with Gasteiger partial charge >= 0.3 is 0 Å². The summed E-state index contributed by atoms with van der Waals surface area (Å²) in [5.74, 6) is 0.758. The predicted octanol–water partition coefficient (Wildman–Crippen LogP) is 4.62. The zero-order chi connectivity index (χ0) is 18.2. The number of hydrogen-bond acceptors (Lipinski definition) is 5. The van der Waals surface area contributed by atoms with Gasteiger partial charge in [0.1, 0.15) is 12.4 Å². The summed E-state index contributed by atoms with van der Waals surface area (Å²) >= 11 is 0. The zero-order valence-corrected chi connectivity index (χ0v) is 13.9. The van der Waals surface area contributed by atoms with Crippen LogP contribution in [-0.4, -0.2) is 11.1 Å². The number of hydrazone groups is 1. The molecular formula is C20H17N3O3. The van der Waals surface area contributed by atoms with Gasteiger partial charge in [-0.3, -0.25) is 15.5 Å². The largest absolute Gasteiger partial charge is 0.489 e. The molecule has 0 aliphatic rings. The Bertz CT molecular complexity index is 894. The van der Waals surface area contributed by atoms with Gasteiger partial charge in [0.25, 0.3) is 5.69 Å². The van der Waals surface area contributed by atoms with Crippen molar-refractivity contribution in [1.82, 2.24) is 0 Å². The molecular weight excluding hydrogens is 330 g/mol. The molecule has 0 saturated carbocycles. The van der Waals surface area contributed by atoms with E-state index in [1.54, 1.807) is 18.3 Å². The maximum absolute atomic E-state index is 10.6. The summed E-state index contributed by atoms with van der Waals surface area (Å²) in [5, 5.41) is 14.8. The number of ether oxygens (including phenoxy) is 1. The normalized spacial score (nSPS) is 10.6. The van der Waals surface area contributed by atoms with Crippen molar-refractivity contribution in [1.29, 1.82) is 0 Å². The molecule has 0 unspecified atom stereocenters. The molecule has 0 atom stereocenters. The summed E-state index contributed by atoms with van der Waals surface area (Å²) in [7, 11) is 0. The predicted molar refractivity (Wildman–Crippen MR) is 102 cm³/mol. The molecule has 0 amide bonds. The number of nitro benzene ring substituents is 1. The summed E-state index contributed by atoms with van der Waals surface area (Å²) in [6, 6.07) is 23.6. The van der Waals surface area contributed by atoms with Gasteiger partial charge in [-0.1, -0.05) is 42.5 Å². The minimum atomic E-state index is -0.437. The molecule has 130 valence electrons. The number of hydrogen-bond donors (Lipinski definition) is 1. The maximum Gasteiger partial charge on any atom is 0.269 e. The molecule has 6 nitrogen and oxygen atoms in total. The molecule has 0 spiro atoms. The van der Waals surface area contributed by atoms with Gasteiger partial charge in [-0.15, -0.1) is 0 Å². The van der Waals surface area contributed by atoms with Crippen LogP contribution in [0.25, 0.3) is 0 Å². The van der Waals surface area contributed by atoms with Crippen molar-refractivity contribution in [2.24, 2.45) is 5.10 Å². The first-order valence-electron chi connectivity index (χ1n) is 8.01. The van der Waals surface area contributed by atoms with Crippen molar-refractivity contribution in [3.05, 3.63) is 100 Å². The van der Waals surface area contributed by atoms with Crippen LogP contribution in [0, 0.1) is 10.1 Å². The van der Waals surface area contributed by atoms with Gasteiger partial charge in [0.05, 0.1) is 16.8 Å². The maximum atomic E-state index is 10.6. The third-order valence-electron chi connectivity index (χ3n) is 3.59. The molecule has 0 fully saturated rings. The monoisotopic (exact) mass is 347 g/mol. The number of anilines is 1. The van der Waals surface area contributed by atoms with E-state index in [2.05, 4.69) is 10.5 Å².